The Balaban J connectivity index is 1.94. The Bertz CT molecular complexity index is 393. The van der Waals surface area contributed by atoms with E-state index in [9.17, 15) is 18.3 Å². The Morgan fingerprint density at radius 3 is 2.79 bits per heavy atom. The zero-order valence-electron chi connectivity index (χ0n) is 10.6. The van der Waals surface area contributed by atoms with E-state index < -0.39 is 18.2 Å². The summed E-state index contributed by atoms with van der Waals surface area (Å²) in [4.78, 5) is 3.95. The van der Waals surface area contributed by atoms with Crippen molar-refractivity contribution in [3.05, 3.63) is 30.1 Å². The summed E-state index contributed by atoms with van der Waals surface area (Å²) in [6.45, 7) is 0. The highest BCUT2D eigenvalue weighted by Gasteiger charge is 2.43. The van der Waals surface area contributed by atoms with E-state index in [-0.39, 0.29) is 18.8 Å². The first-order chi connectivity index (χ1) is 8.97. The van der Waals surface area contributed by atoms with Crippen LogP contribution in [0.5, 0.6) is 0 Å². The van der Waals surface area contributed by atoms with E-state index in [1.807, 2.05) is 6.07 Å². The highest BCUT2D eigenvalue weighted by molar-refractivity contribution is 5.10. The maximum absolute atomic E-state index is 12.7. The van der Waals surface area contributed by atoms with E-state index >= 15 is 0 Å². The van der Waals surface area contributed by atoms with Crippen LogP contribution in [0.15, 0.2) is 24.5 Å². The lowest BCUT2D eigenvalue weighted by Crippen LogP contribution is -2.34. The molecule has 1 fully saturated rings. The molecule has 1 aliphatic carbocycles. The van der Waals surface area contributed by atoms with E-state index in [1.54, 1.807) is 18.5 Å². The van der Waals surface area contributed by atoms with Gasteiger partial charge in [-0.1, -0.05) is 12.5 Å². The van der Waals surface area contributed by atoms with Gasteiger partial charge in [0.2, 0.25) is 0 Å². The second-order valence-corrected chi connectivity index (χ2v) is 5.30. The molecule has 0 aliphatic heterocycles. The summed E-state index contributed by atoms with van der Waals surface area (Å²) >= 11 is 0. The molecule has 1 aromatic rings. The summed E-state index contributed by atoms with van der Waals surface area (Å²) < 4.78 is 38.1. The molecule has 0 radical (unpaired) electrons. The Kier molecular flexibility index (Phi) is 4.45. The molecule has 1 aliphatic rings. The molecule has 19 heavy (non-hydrogen) atoms. The number of halogens is 3. The molecular formula is C14H18F3NO. The second kappa shape index (κ2) is 5.90. The second-order valence-electron chi connectivity index (χ2n) is 5.30. The maximum Gasteiger partial charge on any atom is 0.391 e. The van der Waals surface area contributed by atoms with Gasteiger partial charge in [-0.2, -0.15) is 13.2 Å². The first-order valence-electron chi connectivity index (χ1n) is 6.60. The van der Waals surface area contributed by atoms with Crippen molar-refractivity contribution in [2.75, 3.05) is 0 Å². The van der Waals surface area contributed by atoms with Gasteiger partial charge in [0.15, 0.2) is 0 Å². The van der Waals surface area contributed by atoms with Gasteiger partial charge in [0, 0.05) is 18.8 Å². The number of rotatable bonds is 3. The van der Waals surface area contributed by atoms with Crippen LogP contribution in [0.25, 0.3) is 0 Å². The fourth-order valence-electron chi connectivity index (χ4n) is 2.80. The van der Waals surface area contributed by atoms with Crippen LogP contribution in [0.2, 0.25) is 0 Å². The van der Waals surface area contributed by atoms with Gasteiger partial charge < -0.3 is 5.11 Å². The van der Waals surface area contributed by atoms with Crippen LogP contribution in [0.3, 0.4) is 0 Å². The summed E-state index contributed by atoms with van der Waals surface area (Å²) in [5.41, 5.74) is 0.865. The molecule has 0 aromatic carbocycles. The monoisotopic (exact) mass is 273 g/mol. The standard InChI is InChI=1S/C14H18F3NO/c15-14(16,17)12-5-1-4-11(8-12)13(19)7-10-3-2-6-18-9-10/h2-3,6,9,11-13,19H,1,4-5,7-8H2. The third kappa shape index (κ3) is 3.93. The predicted octanol–water partition coefficient (Wildman–Crippen LogP) is 3.35. The van der Waals surface area contributed by atoms with E-state index in [4.69, 9.17) is 0 Å². The molecule has 1 aromatic heterocycles. The largest absolute Gasteiger partial charge is 0.392 e. The number of nitrogens with zero attached hydrogens (tertiary/aromatic N) is 1. The molecule has 0 bridgehead atoms. The van der Waals surface area contributed by atoms with Gasteiger partial charge in [0.05, 0.1) is 12.0 Å². The number of aliphatic hydroxyl groups is 1. The number of aromatic nitrogens is 1. The molecule has 1 heterocycles. The van der Waals surface area contributed by atoms with Gasteiger partial charge in [0.1, 0.15) is 0 Å². The van der Waals surface area contributed by atoms with E-state index in [0.29, 0.717) is 19.3 Å². The lowest BCUT2D eigenvalue weighted by molar-refractivity contribution is -0.188. The van der Waals surface area contributed by atoms with Crippen LogP contribution < -0.4 is 0 Å². The lowest BCUT2D eigenvalue weighted by atomic mass is 9.77. The number of pyridine rings is 1. The topological polar surface area (TPSA) is 33.1 Å². The quantitative estimate of drug-likeness (QED) is 0.916. The fourth-order valence-corrected chi connectivity index (χ4v) is 2.80. The third-order valence-corrected chi connectivity index (χ3v) is 3.89. The van der Waals surface area contributed by atoms with Gasteiger partial charge in [-0.3, -0.25) is 4.98 Å². The SMILES string of the molecule is OC(Cc1cccnc1)C1CCCC(C(F)(F)F)C1. The molecule has 1 N–H and O–H groups in total. The van der Waals surface area contributed by atoms with E-state index in [0.717, 1.165) is 5.56 Å². The summed E-state index contributed by atoms with van der Waals surface area (Å²) in [5.74, 6) is -1.52. The van der Waals surface area contributed by atoms with E-state index in [1.165, 1.54) is 0 Å². The number of hydrogen-bond acceptors (Lipinski definition) is 2. The van der Waals surface area contributed by atoms with Crippen LogP contribution in [0.1, 0.15) is 31.2 Å². The Labute approximate surface area is 110 Å². The molecule has 2 nitrogen and oxygen atoms in total. The van der Waals surface area contributed by atoms with Crippen molar-refractivity contribution >= 4 is 0 Å². The smallest absolute Gasteiger partial charge is 0.391 e. The Morgan fingerprint density at radius 1 is 1.37 bits per heavy atom. The summed E-state index contributed by atoms with van der Waals surface area (Å²) in [7, 11) is 0. The average molecular weight is 273 g/mol. The van der Waals surface area contributed by atoms with Crippen molar-refractivity contribution < 1.29 is 18.3 Å². The lowest BCUT2D eigenvalue weighted by Gasteiger charge is -2.33. The molecule has 3 unspecified atom stereocenters. The molecule has 106 valence electrons. The molecule has 5 heteroatoms. The first kappa shape index (κ1) is 14.3. The van der Waals surface area contributed by atoms with Crippen LogP contribution in [0, 0.1) is 11.8 Å². The highest BCUT2D eigenvalue weighted by atomic mass is 19.4. The van der Waals surface area contributed by atoms with Crippen molar-refractivity contribution in [3.63, 3.8) is 0 Å². The molecule has 3 atom stereocenters. The van der Waals surface area contributed by atoms with Gasteiger partial charge in [0.25, 0.3) is 0 Å². The number of hydrogen-bond donors (Lipinski definition) is 1. The zero-order chi connectivity index (χ0) is 13.9. The third-order valence-electron chi connectivity index (χ3n) is 3.89. The molecule has 0 saturated heterocycles. The minimum atomic E-state index is -4.13. The molecule has 1 saturated carbocycles. The van der Waals surface area contributed by atoms with E-state index in [2.05, 4.69) is 4.98 Å². The number of alkyl halides is 3. The van der Waals surface area contributed by atoms with Gasteiger partial charge in [-0.15, -0.1) is 0 Å². The van der Waals surface area contributed by atoms with Gasteiger partial charge >= 0.3 is 6.18 Å². The van der Waals surface area contributed by atoms with Crippen LogP contribution in [-0.2, 0) is 6.42 Å². The number of aliphatic hydroxyl groups excluding tert-OH is 1. The van der Waals surface area contributed by atoms with Crippen molar-refractivity contribution in [3.8, 4) is 0 Å². The fraction of sp³-hybridized carbons (Fsp3) is 0.643. The van der Waals surface area contributed by atoms with Gasteiger partial charge in [-0.25, -0.2) is 0 Å². The average Bonchev–Trinajstić information content (AvgIpc) is 2.39. The Hall–Kier alpha value is -1.10. The van der Waals surface area contributed by atoms with Gasteiger partial charge in [-0.05, 0) is 36.8 Å². The summed E-state index contributed by atoms with van der Waals surface area (Å²) in [6.07, 6.45) is 0.269. The molecular weight excluding hydrogens is 255 g/mol. The van der Waals surface area contributed by atoms with Crippen LogP contribution in [-0.4, -0.2) is 22.4 Å². The Morgan fingerprint density at radius 2 is 2.16 bits per heavy atom. The van der Waals surface area contributed by atoms with Crippen LogP contribution >= 0.6 is 0 Å². The molecule has 0 spiro atoms. The van der Waals surface area contributed by atoms with Crippen molar-refractivity contribution in [2.24, 2.45) is 11.8 Å². The highest BCUT2D eigenvalue weighted by Crippen LogP contribution is 2.41. The van der Waals surface area contributed by atoms with Crippen molar-refractivity contribution in [1.82, 2.24) is 4.98 Å². The zero-order valence-corrected chi connectivity index (χ0v) is 10.6. The predicted molar refractivity (Wildman–Crippen MR) is 65.5 cm³/mol. The van der Waals surface area contributed by atoms with Crippen LogP contribution in [0.4, 0.5) is 13.2 Å². The summed E-state index contributed by atoms with van der Waals surface area (Å²) in [6, 6.07) is 3.60. The minimum Gasteiger partial charge on any atom is -0.392 e. The molecule has 2 rings (SSSR count). The van der Waals surface area contributed by atoms with Crippen molar-refractivity contribution in [2.45, 2.75) is 44.4 Å². The van der Waals surface area contributed by atoms with Crippen molar-refractivity contribution in [1.29, 1.82) is 0 Å². The maximum atomic E-state index is 12.7. The summed E-state index contributed by atoms with van der Waals surface area (Å²) in [5, 5.41) is 10.1. The minimum absolute atomic E-state index is 0.0466. The normalized spacial score (nSPS) is 26.1. The first-order valence-corrected chi connectivity index (χ1v) is 6.60. The molecule has 0 amide bonds.